The lowest BCUT2D eigenvalue weighted by molar-refractivity contribution is -0.138. The zero-order chi connectivity index (χ0) is 13.9. The lowest BCUT2D eigenvalue weighted by Crippen LogP contribution is -2.36. The van der Waals surface area contributed by atoms with Gasteiger partial charge in [0.25, 0.3) is 0 Å². The van der Waals surface area contributed by atoms with Gasteiger partial charge in [-0.2, -0.15) is 0 Å². The third kappa shape index (κ3) is 2.38. The smallest absolute Gasteiger partial charge is 0.375 e. The van der Waals surface area contributed by atoms with Crippen molar-refractivity contribution in [2.45, 2.75) is 38.1 Å². The fourth-order valence-corrected chi connectivity index (χ4v) is 2.95. The number of para-hydroxylation sites is 2. The van der Waals surface area contributed by atoms with E-state index >= 15 is 0 Å². The zero-order valence-electron chi connectivity index (χ0n) is 11.7. The van der Waals surface area contributed by atoms with E-state index in [1.165, 1.54) is 26.4 Å². The highest BCUT2D eigenvalue weighted by Gasteiger charge is 2.29. The van der Waals surface area contributed by atoms with Crippen molar-refractivity contribution in [3.05, 3.63) is 36.2 Å². The summed E-state index contributed by atoms with van der Waals surface area (Å²) in [7, 11) is 1.37. The molecule has 4 heteroatoms. The Kier molecular flexibility index (Phi) is 3.63. The summed E-state index contributed by atoms with van der Waals surface area (Å²) in [6.07, 6.45) is 7.88. The van der Waals surface area contributed by atoms with Crippen LogP contribution in [0.1, 0.15) is 32.1 Å². The number of esters is 1. The van der Waals surface area contributed by atoms with Crippen LogP contribution in [-0.4, -0.2) is 19.1 Å². The van der Waals surface area contributed by atoms with Gasteiger partial charge < -0.3 is 14.4 Å². The van der Waals surface area contributed by atoms with Crippen LogP contribution in [0.2, 0.25) is 0 Å². The monoisotopic (exact) mass is 273 g/mol. The van der Waals surface area contributed by atoms with Crippen LogP contribution in [0.5, 0.6) is 5.75 Å². The van der Waals surface area contributed by atoms with Gasteiger partial charge in [0.15, 0.2) is 5.75 Å². The van der Waals surface area contributed by atoms with Crippen molar-refractivity contribution >= 4 is 11.7 Å². The molecular weight excluding hydrogens is 254 g/mol. The van der Waals surface area contributed by atoms with E-state index < -0.39 is 5.97 Å². The number of ether oxygens (including phenoxy) is 2. The number of hydrogen-bond acceptors (Lipinski definition) is 4. The highest BCUT2D eigenvalue weighted by atomic mass is 16.6. The van der Waals surface area contributed by atoms with Gasteiger partial charge in [-0.25, -0.2) is 4.79 Å². The molecule has 1 fully saturated rings. The summed E-state index contributed by atoms with van der Waals surface area (Å²) >= 11 is 0. The van der Waals surface area contributed by atoms with Crippen LogP contribution in [0.25, 0.3) is 0 Å². The van der Waals surface area contributed by atoms with E-state index in [9.17, 15) is 4.79 Å². The predicted molar refractivity (Wildman–Crippen MR) is 76.5 cm³/mol. The number of rotatable bonds is 2. The molecule has 0 atom stereocenters. The molecule has 106 valence electrons. The highest BCUT2D eigenvalue weighted by molar-refractivity contribution is 5.88. The van der Waals surface area contributed by atoms with E-state index in [1.807, 2.05) is 24.3 Å². The van der Waals surface area contributed by atoms with Crippen LogP contribution in [0.15, 0.2) is 36.2 Å². The Labute approximate surface area is 119 Å². The molecule has 0 radical (unpaired) electrons. The van der Waals surface area contributed by atoms with Crippen LogP contribution < -0.4 is 9.64 Å². The molecule has 1 aliphatic heterocycles. The SMILES string of the molecule is COC(=O)C1=CN(C2CCCCC2)c2ccccc2O1. The standard InChI is InChI=1S/C16H19NO3/c1-19-16(18)15-11-17(12-7-3-2-4-8-12)13-9-5-6-10-14(13)20-15/h5-6,9-12H,2-4,7-8H2,1H3. The Bertz CT molecular complexity index is 532. The van der Waals surface area contributed by atoms with E-state index in [2.05, 4.69) is 4.90 Å². The maximum absolute atomic E-state index is 11.8. The molecule has 3 rings (SSSR count). The average molecular weight is 273 g/mol. The largest absolute Gasteiger partial charge is 0.463 e. The number of methoxy groups -OCH3 is 1. The van der Waals surface area contributed by atoms with E-state index in [4.69, 9.17) is 9.47 Å². The van der Waals surface area contributed by atoms with Gasteiger partial charge in [0, 0.05) is 6.04 Å². The number of fused-ring (bicyclic) bond motifs is 1. The van der Waals surface area contributed by atoms with Gasteiger partial charge in [0.1, 0.15) is 0 Å². The molecule has 1 aliphatic carbocycles. The maximum atomic E-state index is 11.8. The molecule has 1 aromatic rings. The lowest BCUT2D eigenvalue weighted by atomic mass is 9.93. The summed E-state index contributed by atoms with van der Waals surface area (Å²) in [5, 5.41) is 0. The van der Waals surface area contributed by atoms with Crippen LogP contribution in [0, 0.1) is 0 Å². The van der Waals surface area contributed by atoms with Gasteiger partial charge in [-0.05, 0) is 25.0 Å². The summed E-state index contributed by atoms with van der Waals surface area (Å²) in [5.74, 6) is 0.554. The summed E-state index contributed by atoms with van der Waals surface area (Å²) in [4.78, 5) is 13.9. The van der Waals surface area contributed by atoms with Gasteiger partial charge >= 0.3 is 5.97 Å². The Morgan fingerprint density at radius 1 is 1.25 bits per heavy atom. The van der Waals surface area contributed by atoms with E-state index in [0.717, 1.165) is 24.3 Å². The summed E-state index contributed by atoms with van der Waals surface area (Å²) in [5.41, 5.74) is 1.03. The molecule has 1 aromatic carbocycles. The maximum Gasteiger partial charge on any atom is 0.375 e. The van der Waals surface area contributed by atoms with Gasteiger partial charge in [-0.1, -0.05) is 31.4 Å². The summed E-state index contributed by atoms with van der Waals surface area (Å²) in [6.45, 7) is 0. The predicted octanol–water partition coefficient (Wildman–Crippen LogP) is 3.23. The second-order valence-electron chi connectivity index (χ2n) is 5.25. The fourth-order valence-electron chi connectivity index (χ4n) is 2.95. The van der Waals surface area contributed by atoms with Crippen molar-refractivity contribution in [3.8, 4) is 5.75 Å². The number of carbonyl (C=O) groups is 1. The third-order valence-electron chi connectivity index (χ3n) is 3.97. The van der Waals surface area contributed by atoms with Gasteiger partial charge in [0.05, 0.1) is 19.0 Å². The zero-order valence-corrected chi connectivity index (χ0v) is 11.7. The molecule has 0 amide bonds. The first-order valence-corrected chi connectivity index (χ1v) is 7.15. The first-order chi connectivity index (χ1) is 9.79. The lowest BCUT2D eigenvalue weighted by Gasteiger charge is -2.36. The Morgan fingerprint density at radius 3 is 2.75 bits per heavy atom. The molecule has 20 heavy (non-hydrogen) atoms. The first-order valence-electron chi connectivity index (χ1n) is 7.15. The molecule has 4 nitrogen and oxygen atoms in total. The number of nitrogens with zero attached hydrogens (tertiary/aromatic N) is 1. The molecule has 0 unspecified atom stereocenters. The van der Waals surface area contributed by atoms with Crippen LogP contribution in [0.3, 0.4) is 0 Å². The topological polar surface area (TPSA) is 38.8 Å². The van der Waals surface area contributed by atoms with E-state index in [-0.39, 0.29) is 5.76 Å². The average Bonchev–Trinajstić information content (AvgIpc) is 2.54. The van der Waals surface area contributed by atoms with E-state index in [0.29, 0.717) is 6.04 Å². The number of anilines is 1. The Hall–Kier alpha value is -1.97. The Morgan fingerprint density at radius 2 is 2.00 bits per heavy atom. The van der Waals surface area contributed by atoms with Gasteiger partial charge in [0.2, 0.25) is 5.76 Å². The highest BCUT2D eigenvalue weighted by Crippen LogP contribution is 2.38. The van der Waals surface area contributed by atoms with Crippen LogP contribution >= 0.6 is 0 Å². The third-order valence-corrected chi connectivity index (χ3v) is 3.97. The summed E-state index contributed by atoms with van der Waals surface area (Å²) in [6, 6.07) is 8.27. The van der Waals surface area contributed by atoms with Crippen LogP contribution in [0.4, 0.5) is 5.69 Å². The van der Waals surface area contributed by atoms with E-state index in [1.54, 1.807) is 6.20 Å². The fraction of sp³-hybridized carbons (Fsp3) is 0.438. The van der Waals surface area contributed by atoms with Crippen molar-refractivity contribution in [2.75, 3.05) is 12.0 Å². The van der Waals surface area contributed by atoms with Crippen molar-refractivity contribution in [2.24, 2.45) is 0 Å². The molecular formula is C16H19NO3. The minimum Gasteiger partial charge on any atom is -0.463 e. The normalized spacial score (nSPS) is 18.9. The number of carbonyl (C=O) groups excluding carboxylic acids is 1. The molecule has 1 saturated carbocycles. The minimum absolute atomic E-state index is 0.261. The minimum atomic E-state index is -0.430. The summed E-state index contributed by atoms with van der Waals surface area (Å²) < 4.78 is 10.4. The van der Waals surface area contributed by atoms with Crippen LogP contribution in [-0.2, 0) is 9.53 Å². The van der Waals surface area contributed by atoms with Gasteiger partial charge in [-0.3, -0.25) is 0 Å². The number of hydrogen-bond donors (Lipinski definition) is 0. The molecule has 2 aliphatic rings. The van der Waals surface area contributed by atoms with Crippen molar-refractivity contribution in [1.82, 2.24) is 0 Å². The van der Waals surface area contributed by atoms with Crippen molar-refractivity contribution in [3.63, 3.8) is 0 Å². The first kappa shape index (κ1) is 13.0. The molecule has 0 spiro atoms. The van der Waals surface area contributed by atoms with Gasteiger partial charge in [-0.15, -0.1) is 0 Å². The second-order valence-corrected chi connectivity index (χ2v) is 5.25. The molecule has 1 heterocycles. The van der Waals surface area contributed by atoms with Crippen molar-refractivity contribution < 1.29 is 14.3 Å². The molecule has 0 saturated heterocycles. The number of benzene rings is 1. The molecule has 0 N–H and O–H groups in total. The second kappa shape index (κ2) is 5.57. The molecule has 0 aromatic heterocycles. The Balaban J connectivity index is 1.95. The quantitative estimate of drug-likeness (QED) is 0.775. The van der Waals surface area contributed by atoms with Crippen molar-refractivity contribution in [1.29, 1.82) is 0 Å². The molecule has 0 bridgehead atoms.